The number of benzene rings is 1. The Balaban J connectivity index is 1.56. The fraction of sp³-hybridized carbons (Fsp3) is 0.455. The lowest BCUT2D eigenvalue weighted by molar-refractivity contribution is 0.0335. The second-order valence-corrected chi connectivity index (χ2v) is 8.59. The number of aromatic nitrogens is 5. The van der Waals surface area contributed by atoms with Crippen LogP contribution in [-0.2, 0) is 17.7 Å². The summed E-state index contributed by atoms with van der Waals surface area (Å²) in [7, 11) is 0. The Kier molecular flexibility index (Phi) is 7.28. The first-order valence-electron chi connectivity index (χ1n) is 11.2. The van der Waals surface area contributed by atoms with Crippen molar-refractivity contribution in [2.24, 2.45) is 11.0 Å². The van der Waals surface area contributed by atoms with Gasteiger partial charge in [-0.05, 0) is 40.7 Å². The molecule has 0 spiro atoms. The minimum Gasteiger partial charge on any atom is -0.379 e. The molecule has 1 aliphatic heterocycles. The van der Waals surface area contributed by atoms with Gasteiger partial charge in [-0.3, -0.25) is 9.69 Å². The lowest BCUT2D eigenvalue weighted by Gasteiger charge is -2.25. The van der Waals surface area contributed by atoms with Crippen molar-refractivity contribution in [2.75, 3.05) is 32.0 Å². The minimum atomic E-state index is -0.494. The average molecular weight is 468 g/mol. The molecule has 2 aromatic heterocycles. The Morgan fingerprint density at radius 2 is 1.94 bits per heavy atom. The predicted molar refractivity (Wildman–Crippen MR) is 124 cm³/mol. The zero-order valence-electron chi connectivity index (χ0n) is 19.6. The van der Waals surface area contributed by atoms with Crippen LogP contribution >= 0.6 is 0 Å². The van der Waals surface area contributed by atoms with E-state index < -0.39 is 5.91 Å². The molecule has 3 heterocycles. The van der Waals surface area contributed by atoms with Crippen LogP contribution in [0.4, 0.5) is 5.82 Å². The molecule has 0 unspecified atom stereocenters. The molecule has 0 radical (unpaired) electrons. The quantitative estimate of drug-likeness (QED) is 0.370. The van der Waals surface area contributed by atoms with Crippen LogP contribution in [0.5, 0.6) is 0 Å². The second-order valence-electron chi connectivity index (χ2n) is 8.59. The van der Waals surface area contributed by atoms with Gasteiger partial charge in [0.15, 0.2) is 5.69 Å². The van der Waals surface area contributed by atoms with Gasteiger partial charge in [-0.15, -0.1) is 5.10 Å². The molecule has 34 heavy (non-hydrogen) atoms. The molecule has 0 aliphatic carbocycles. The lowest BCUT2D eigenvalue weighted by atomic mass is 10.0. The van der Waals surface area contributed by atoms with Crippen molar-refractivity contribution in [3.8, 4) is 5.82 Å². The molecule has 0 atom stereocenters. The molecule has 3 aromatic rings. The predicted octanol–water partition coefficient (Wildman–Crippen LogP) is 1.42. The molecule has 180 valence electrons. The largest absolute Gasteiger partial charge is 0.379 e. The fourth-order valence-electron chi connectivity index (χ4n) is 3.71. The van der Waals surface area contributed by atoms with Crippen LogP contribution in [0.1, 0.15) is 48.1 Å². The van der Waals surface area contributed by atoms with E-state index in [1.807, 2.05) is 19.1 Å². The highest BCUT2D eigenvalue weighted by Gasteiger charge is 2.26. The Hall–Kier alpha value is -3.64. The van der Waals surface area contributed by atoms with Crippen molar-refractivity contribution in [2.45, 2.75) is 33.7 Å². The topological polar surface area (TPSA) is 150 Å². The number of hydrogen-bond acceptors (Lipinski definition) is 10. The van der Waals surface area contributed by atoms with E-state index in [1.54, 1.807) is 0 Å². The van der Waals surface area contributed by atoms with Crippen molar-refractivity contribution in [3.05, 3.63) is 46.8 Å². The molecule has 4 rings (SSSR count). The van der Waals surface area contributed by atoms with E-state index in [2.05, 4.69) is 66.7 Å². The van der Waals surface area contributed by atoms with E-state index in [9.17, 15) is 4.79 Å². The Labute approximate surface area is 197 Å². The summed E-state index contributed by atoms with van der Waals surface area (Å²) in [5.74, 6) is 0.177. The summed E-state index contributed by atoms with van der Waals surface area (Å²) >= 11 is 0. The van der Waals surface area contributed by atoms with Crippen LogP contribution < -0.4 is 11.2 Å². The number of anilines is 1. The van der Waals surface area contributed by atoms with Crippen molar-refractivity contribution in [1.82, 2.24) is 35.6 Å². The molecule has 1 aromatic carbocycles. The first-order chi connectivity index (χ1) is 16.4. The van der Waals surface area contributed by atoms with Gasteiger partial charge in [0.2, 0.25) is 11.6 Å². The molecule has 12 nitrogen and oxygen atoms in total. The number of amides is 1. The van der Waals surface area contributed by atoms with Crippen molar-refractivity contribution in [3.63, 3.8) is 0 Å². The standard InChI is InChI=1S/C22H29N9O3/c1-14(2)12-16-4-6-17(7-5-16)15(3)24-26-22(32)19-18(13-30-8-10-33-11-9-30)25-29-31(19)21-20(23)27-34-28-21/h4-7,14H,8-13H2,1-3H3,(H2,23,27)(H,26,32)/b24-15+. The Bertz CT molecular complexity index is 1140. The van der Waals surface area contributed by atoms with Crippen LogP contribution in [0.3, 0.4) is 0 Å². The van der Waals surface area contributed by atoms with Gasteiger partial charge in [-0.25, -0.2) is 10.1 Å². The normalized spacial score (nSPS) is 15.1. The number of nitrogen functional groups attached to an aromatic ring is 1. The van der Waals surface area contributed by atoms with E-state index in [1.165, 1.54) is 10.2 Å². The van der Waals surface area contributed by atoms with E-state index in [-0.39, 0.29) is 17.3 Å². The number of morpholine rings is 1. The van der Waals surface area contributed by atoms with Crippen molar-refractivity contribution in [1.29, 1.82) is 0 Å². The van der Waals surface area contributed by atoms with Gasteiger partial charge in [-0.2, -0.15) is 9.78 Å². The monoisotopic (exact) mass is 467 g/mol. The van der Waals surface area contributed by atoms with Crippen LogP contribution in [0, 0.1) is 5.92 Å². The summed E-state index contributed by atoms with van der Waals surface area (Å²) in [6.07, 6.45) is 1.01. The molecule has 12 heteroatoms. The minimum absolute atomic E-state index is 0.00181. The molecular weight excluding hydrogens is 438 g/mol. The number of hydrogen-bond donors (Lipinski definition) is 2. The second kappa shape index (κ2) is 10.5. The maximum Gasteiger partial charge on any atom is 0.292 e. The number of carbonyl (C=O) groups is 1. The number of ether oxygens (including phenoxy) is 1. The third-order valence-electron chi connectivity index (χ3n) is 5.47. The number of nitrogens with one attached hydrogen (secondary N) is 1. The van der Waals surface area contributed by atoms with Gasteiger partial charge >= 0.3 is 0 Å². The number of carbonyl (C=O) groups excluding carboxylic acids is 1. The fourth-order valence-corrected chi connectivity index (χ4v) is 3.71. The molecule has 1 saturated heterocycles. The highest BCUT2D eigenvalue weighted by molar-refractivity contribution is 6.00. The molecule has 1 aliphatic rings. The molecule has 0 bridgehead atoms. The average Bonchev–Trinajstić information content (AvgIpc) is 3.43. The third kappa shape index (κ3) is 5.46. The van der Waals surface area contributed by atoms with Crippen LogP contribution in [-0.4, -0.2) is 68.1 Å². The van der Waals surface area contributed by atoms with E-state index in [0.29, 0.717) is 37.1 Å². The summed E-state index contributed by atoms with van der Waals surface area (Å²) < 4.78 is 11.3. The van der Waals surface area contributed by atoms with Gasteiger partial charge in [0, 0.05) is 19.6 Å². The molecule has 0 saturated carbocycles. The number of nitrogens with two attached hydrogens (primary N) is 1. The highest BCUT2D eigenvalue weighted by Crippen LogP contribution is 2.18. The maximum absolute atomic E-state index is 13.2. The maximum atomic E-state index is 13.2. The Morgan fingerprint density at radius 1 is 1.21 bits per heavy atom. The summed E-state index contributed by atoms with van der Waals surface area (Å²) in [5.41, 5.74) is 11.9. The van der Waals surface area contributed by atoms with Crippen LogP contribution in [0.25, 0.3) is 5.82 Å². The van der Waals surface area contributed by atoms with Gasteiger partial charge in [0.1, 0.15) is 5.69 Å². The lowest BCUT2D eigenvalue weighted by Crippen LogP contribution is -2.36. The number of hydrazone groups is 1. The summed E-state index contributed by atoms with van der Waals surface area (Å²) in [5, 5.41) is 19.9. The number of nitrogens with zero attached hydrogens (tertiary/aromatic N) is 7. The van der Waals surface area contributed by atoms with Gasteiger partial charge in [-0.1, -0.05) is 43.3 Å². The smallest absolute Gasteiger partial charge is 0.292 e. The van der Waals surface area contributed by atoms with E-state index in [0.717, 1.165) is 25.1 Å². The third-order valence-corrected chi connectivity index (χ3v) is 5.47. The van der Waals surface area contributed by atoms with Crippen LogP contribution in [0.2, 0.25) is 0 Å². The summed E-state index contributed by atoms with van der Waals surface area (Å²) in [6, 6.07) is 8.16. The molecular formula is C22H29N9O3. The van der Waals surface area contributed by atoms with E-state index in [4.69, 9.17) is 10.5 Å². The van der Waals surface area contributed by atoms with Crippen LogP contribution in [0.15, 0.2) is 34.0 Å². The van der Waals surface area contributed by atoms with Crippen molar-refractivity contribution >= 4 is 17.4 Å². The number of rotatable bonds is 8. The highest BCUT2D eigenvalue weighted by atomic mass is 16.6. The SMILES string of the molecule is C/C(=N\NC(=O)c1c(CN2CCOCC2)nnn1-c1nonc1N)c1ccc(CC(C)C)cc1. The van der Waals surface area contributed by atoms with Gasteiger partial charge in [0.05, 0.1) is 18.9 Å². The molecule has 1 amide bonds. The van der Waals surface area contributed by atoms with Gasteiger partial charge < -0.3 is 10.5 Å². The summed E-state index contributed by atoms with van der Waals surface area (Å²) in [4.78, 5) is 15.4. The zero-order valence-corrected chi connectivity index (χ0v) is 19.6. The Morgan fingerprint density at radius 3 is 2.59 bits per heavy atom. The van der Waals surface area contributed by atoms with Crippen molar-refractivity contribution < 1.29 is 14.2 Å². The zero-order chi connectivity index (χ0) is 24.1. The summed E-state index contributed by atoms with van der Waals surface area (Å²) in [6.45, 7) is 9.32. The van der Waals surface area contributed by atoms with E-state index >= 15 is 0 Å². The molecule has 1 fully saturated rings. The first-order valence-corrected chi connectivity index (χ1v) is 11.2. The molecule has 3 N–H and O–H groups in total. The first kappa shape index (κ1) is 23.5. The van der Waals surface area contributed by atoms with Gasteiger partial charge in [0.25, 0.3) is 5.91 Å².